The van der Waals surface area contributed by atoms with Gasteiger partial charge >= 0.3 is 6.09 Å². The van der Waals surface area contributed by atoms with Gasteiger partial charge < -0.3 is 19.9 Å². The average molecular weight is 385 g/mol. The first kappa shape index (κ1) is 19.4. The number of benzene rings is 1. The number of ether oxygens (including phenoxy) is 1. The maximum atomic E-state index is 12.9. The number of amides is 3. The van der Waals surface area contributed by atoms with Crippen molar-refractivity contribution in [3.63, 3.8) is 0 Å². The molecule has 3 rings (SSSR count). The minimum absolute atomic E-state index is 0.234. The third-order valence-electron chi connectivity index (χ3n) is 4.33. The molecule has 9 heteroatoms. The number of nitrogens with zero attached hydrogens (tertiary/aromatic N) is 4. The van der Waals surface area contributed by atoms with E-state index in [4.69, 9.17) is 4.74 Å². The van der Waals surface area contributed by atoms with Crippen LogP contribution in [0, 0.1) is 0 Å². The molecule has 1 aliphatic rings. The van der Waals surface area contributed by atoms with Crippen molar-refractivity contribution in [2.75, 3.05) is 38.1 Å². The van der Waals surface area contributed by atoms with Crippen molar-refractivity contribution in [2.45, 2.75) is 13.8 Å². The molecule has 28 heavy (non-hydrogen) atoms. The van der Waals surface area contributed by atoms with Gasteiger partial charge in [-0.2, -0.15) is 5.10 Å². The van der Waals surface area contributed by atoms with Crippen molar-refractivity contribution in [2.24, 2.45) is 0 Å². The molecule has 1 aromatic carbocycles. The molecule has 0 bridgehead atoms. The van der Waals surface area contributed by atoms with E-state index < -0.39 is 0 Å². The van der Waals surface area contributed by atoms with Gasteiger partial charge in [-0.3, -0.25) is 9.59 Å². The zero-order valence-corrected chi connectivity index (χ0v) is 15.9. The number of carbonyl (C=O) groups is 3. The van der Waals surface area contributed by atoms with Crippen LogP contribution in [0.4, 0.5) is 10.6 Å². The molecule has 1 aliphatic heterocycles. The highest BCUT2D eigenvalue weighted by Gasteiger charge is 2.27. The van der Waals surface area contributed by atoms with Crippen LogP contribution in [0.3, 0.4) is 0 Å². The van der Waals surface area contributed by atoms with Gasteiger partial charge in [0.05, 0.1) is 12.3 Å². The van der Waals surface area contributed by atoms with E-state index in [1.54, 1.807) is 22.8 Å². The first-order valence-corrected chi connectivity index (χ1v) is 9.13. The van der Waals surface area contributed by atoms with E-state index >= 15 is 0 Å². The SMILES string of the molecule is CCOC(=O)N1CCN(C(=O)c2cc(NC(C)=O)n(-c3ccccc3)n2)CC1. The standard InChI is InChI=1S/C19H23N5O4/c1-3-28-19(27)23-11-9-22(10-12-23)18(26)16-13-17(20-14(2)25)24(21-16)15-7-5-4-6-8-15/h4-8,13H,3,9-12H2,1-2H3,(H,20,25). The number of hydrogen-bond acceptors (Lipinski definition) is 5. The molecule has 0 atom stereocenters. The van der Waals surface area contributed by atoms with Crippen molar-refractivity contribution in [1.29, 1.82) is 0 Å². The molecule has 1 N–H and O–H groups in total. The minimum Gasteiger partial charge on any atom is -0.450 e. The highest BCUT2D eigenvalue weighted by molar-refractivity contribution is 5.95. The fraction of sp³-hybridized carbons (Fsp3) is 0.368. The molecular formula is C19H23N5O4. The first-order valence-electron chi connectivity index (χ1n) is 9.13. The summed E-state index contributed by atoms with van der Waals surface area (Å²) in [5, 5.41) is 7.11. The monoisotopic (exact) mass is 385 g/mol. The number of piperazine rings is 1. The summed E-state index contributed by atoms with van der Waals surface area (Å²) in [6.45, 7) is 5.08. The van der Waals surface area contributed by atoms with Crippen molar-refractivity contribution >= 4 is 23.7 Å². The maximum Gasteiger partial charge on any atom is 0.409 e. The van der Waals surface area contributed by atoms with Crippen LogP contribution in [0.25, 0.3) is 5.69 Å². The number of carbonyl (C=O) groups excluding carboxylic acids is 3. The van der Waals surface area contributed by atoms with Crippen LogP contribution in [0.5, 0.6) is 0 Å². The zero-order valence-electron chi connectivity index (χ0n) is 15.9. The molecule has 1 saturated heterocycles. The Bertz CT molecular complexity index is 856. The Morgan fingerprint density at radius 2 is 1.71 bits per heavy atom. The number of hydrogen-bond donors (Lipinski definition) is 1. The lowest BCUT2D eigenvalue weighted by molar-refractivity contribution is -0.114. The molecule has 1 fully saturated rings. The maximum absolute atomic E-state index is 12.9. The molecule has 9 nitrogen and oxygen atoms in total. The minimum atomic E-state index is -0.365. The number of anilines is 1. The quantitative estimate of drug-likeness (QED) is 0.865. The van der Waals surface area contributed by atoms with Crippen molar-refractivity contribution < 1.29 is 19.1 Å². The van der Waals surface area contributed by atoms with Gasteiger partial charge in [0.25, 0.3) is 5.91 Å². The van der Waals surface area contributed by atoms with E-state index in [0.29, 0.717) is 38.6 Å². The fourth-order valence-corrected chi connectivity index (χ4v) is 2.99. The average Bonchev–Trinajstić information content (AvgIpc) is 3.11. The van der Waals surface area contributed by atoms with Gasteiger partial charge in [-0.15, -0.1) is 0 Å². The second-order valence-electron chi connectivity index (χ2n) is 6.32. The van der Waals surface area contributed by atoms with Crippen LogP contribution in [-0.2, 0) is 9.53 Å². The van der Waals surface area contributed by atoms with Crippen molar-refractivity contribution in [3.05, 3.63) is 42.1 Å². The summed E-state index contributed by atoms with van der Waals surface area (Å²) in [6.07, 6.45) is -0.365. The summed E-state index contributed by atoms with van der Waals surface area (Å²) >= 11 is 0. The lowest BCUT2D eigenvalue weighted by Gasteiger charge is -2.33. The Kier molecular flexibility index (Phi) is 5.93. The third-order valence-corrected chi connectivity index (χ3v) is 4.33. The topological polar surface area (TPSA) is 96.8 Å². The second-order valence-corrected chi connectivity index (χ2v) is 6.32. The summed E-state index contributed by atoms with van der Waals surface area (Å²) in [5.41, 5.74) is 0.967. The van der Waals surface area contributed by atoms with Gasteiger partial charge in [-0.05, 0) is 19.1 Å². The van der Waals surface area contributed by atoms with Crippen LogP contribution in [-0.4, -0.2) is 70.3 Å². The van der Waals surface area contributed by atoms with Crippen LogP contribution in [0.2, 0.25) is 0 Å². The number of rotatable bonds is 4. The molecule has 0 unspecified atom stereocenters. The normalized spacial score (nSPS) is 13.9. The molecule has 2 heterocycles. The van der Waals surface area contributed by atoms with E-state index in [0.717, 1.165) is 5.69 Å². The molecule has 0 saturated carbocycles. The first-order chi connectivity index (χ1) is 13.5. The van der Waals surface area contributed by atoms with Gasteiger partial charge in [0.15, 0.2) is 5.69 Å². The number of aromatic nitrogens is 2. The molecule has 1 aromatic heterocycles. The molecule has 0 aliphatic carbocycles. The highest BCUT2D eigenvalue weighted by Crippen LogP contribution is 2.19. The second kappa shape index (κ2) is 8.55. The van der Waals surface area contributed by atoms with Crippen LogP contribution >= 0.6 is 0 Å². The third kappa shape index (κ3) is 4.30. The largest absolute Gasteiger partial charge is 0.450 e. The lowest BCUT2D eigenvalue weighted by atomic mass is 10.3. The van der Waals surface area contributed by atoms with E-state index in [9.17, 15) is 14.4 Å². The summed E-state index contributed by atoms with van der Waals surface area (Å²) in [4.78, 5) is 39.4. The Hall–Kier alpha value is -3.36. The highest BCUT2D eigenvalue weighted by atomic mass is 16.6. The van der Waals surface area contributed by atoms with Crippen LogP contribution in [0.1, 0.15) is 24.3 Å². The summed E-state index contributed by atoms with van der Waals surface area (Å²) < 4.78 is 6.53. The van der Waals surface area contributed by atoms with E-state index in [-0.39, 0.29) is 23.6 Å². The number of nitrogens with one attached hydrogen (secondary N) is 1. The van der Waals surface area contributed by atoms with Crippen LogP contribution in [0.15, 0.2) is 36.4 Å². The lowest BCUT2D eigenvalue weighted by Crippen LogP contribution is -2.50. The van der Waals surface area contributed by atoms with Crippen molar-refractivity contribution in [3.8, 4) is 5.69 Å². The molecule has 2 aromatic rings. The Labute approximate surface area is 162 Å². The van der Waals surface area contributed by atoms with E-state index in [1.165, 1.54) is 11.6 Å². The summed E-state index contributed by atoms with van der Waals surface area (Å²) in [7, 11) is 0. The zero-order chi connectivity index (χ0) is 20.1. The summed E-state index contributed by atoms with van der Waals surface area (Å²) in [5.74, 6) is -0.0730. The molecule has 3 amide bonds. The van der Waals surface area contributed by atoms with E-state index in [1.807, 2.05) is 30.3 Å². The summed E-state index contributed by atoms with van der Waals surface area (Å²) in [6, 6.07) is 10.8. The van der Waals surface area contributed by atoms with Crippen LogP contribution < -0.4 is 5.32 Å². The van der Waals surface area contributed by atoms with Gasteiger partial charge in [-0.25, -0.2) is 9.48 Å². The molecule has 0 radical (unpaired) electrons. The molecule has 148 valence electrons. The number of para-hydroxylation sites is 1. The van der Waals surface area contributed by atoms with Gasteiger partial charge in [0.2, 0.25) is 5.91 Å². The van der Waals surface area contributed by atoms with E-state index in [2.05, 4.69) is 10.4 Å². The molecule has 0 spiro atoms. The Morgan fingerprint density at radius 3 is 2.32 bits per heavy atom. The van der Waals surface area contributed by atoms with Crippen molar-refractivity contribution in [1.82, 2.24) is 19.6 Å². The Balaban J connectivity index is 1.76. The Morgan fingerprint density at radius 1 is 1.07 bits per heavy atom. The van der Waals surface area contributed by atoms with Gasteiger partial charge in [0, 0.05) is 39.2 Å². The fourth-order valence-electron chi connectivity index (χ4n) is 2.99. The predicted octanol–water partition coefficient (Wildman–Crippen LogP) is 1.74. The smallest absolute Gasteiger partial charge is 0.409 e. The van der Waals surface area contributed by atoms with Gasteiger partial charge in [-0.1, -0.05) is 18.2 Å². The predicted molar refractivity (Wildman–Crippen MR) is 102 cm³/mol. The van der Waals surface area contributed by atoms with Gasteiger partial charge in [0.1, 0.15) is 5.82 Å². The molecular weight excluding hydrogens is 362 g/mol.